The SMILES string of the molecule is COc1ccc(F)c([C@H](N)CN)c1F. The molecule has 0 aliphatic rings. The van der Waals surface area contributed by atoms with Gasteiger partial charge in [-0.15, -0.1) is 0 Å². The first kappa shape index (κ1) is 10.9. The van der Waals surface area contributed by atoms with Crippen LogP contribution in [0, 0.1) is 11.6 Å². The predicted octanol–water partition coefficient (Wildman–Crippen LogP) is 0.932. The lowest BCUT2D eigenvalue weighted by molar-refractivity contribution is 0.378. The van der Waals surface area contributed by atoms with Crippen LogP contribution in [0.1, 0.15) is 11.6 Å². The molecular weight excluding hydrogens is 190 g/mol. The summed E-state index contributed by atoms with van der Waals surface area (Å²) < 4.78 is 31.3. The molecular formula is C9H12F2N2O. The number of halogens is 2. The predicted molar refractivity (Wildman–Crippen MR) is 48.9 cm³/mol. The molecule has 3 nitrogen and oxygen atoms in total. The number of rotatable bonds is 3. The quantitative estimate of drug-likeness (QED) is 0.766. The smallest absolute Gasteiger partial charge is 0.172 e. The van der Waals surface area contributed by atoms with Gasteiger partial charge in [0, 0.05) is 18.2 Å². The lowest BCUT2D eigenvalue weighted by Crippen LogP contribution is -2.23. The van der Waals surface area contributed by atoms with Gasteiger partial charge in [-0.1, -0.05) is 0 Å². The van der Waals surface area contributed by atoms with Gasteiger partial charge < -0.3 is 16.2 Å². The third-order valence-electron chi connectivity index (χ3n) is 1.94. The second kappa shape index (κ2) is 4.34. The largest absolute Gasteiger partial charge is 0.494 e. The summed E-state index contributed by atoms with van der Waals surface area (Å²) in [5, 5.41) is 0. The molecule has 0 aliphatic carbocycles. The zero-order valence-electron chi connectivity index (χ0n) is 7.76. The van der Waals surface area contributed by atoms with Crippen LogP contribution in [0.15, 0.2) is 12.1 Å². The summed E-state index contributed by atoms with van der Waals surface area (Å²) in [4.78, 5) is 0. The van der Waals surface area contributed by atoms with E-state index in [1.807, 2.05) is 0 Å². The molecule has 0 fully saturated rings. The van der Waals surface area contributed by atoms with Crippen molar-refractivity contribution in [2.24, 2.45) is 11.5 Å². The number of ether oxygens (including phenoxy) is 1. The summed E-state index contributed by atoms with van der Waals surface area (Å²) >= 11 is 0. The standard InChI is InChI=1S/C9H12F2N2O/c1-14-7-3-2-5(10)8(9(7)11)6(13)4-12/h2-3,6H,4,12-13H2,1H3/t6-/m1/s1. The molecule has 0 aromatic heterocycles. The number of methoxy groups -OCH3 is 1. The fourth-order valence-electron chi connectivity index (χ4n) is 1.16. The molecule has 0 spiro atoms. The fraction of sp³-hybridized carbons (Fsp3) is 0.333. The van der Waals surface area contributed by atoms with E-state index in [1.165, 1.54) is 13.2 Å². The van der Waals surface area contributed by atoms with Crippen LogP contribution < -0.4 is 16.2 Å². The van der Waals surface area contributed by atoms with Crippen molar-refractivity contribution in [1.82, 2.24) is 0 Å². The Labute approximate surface area is 80.7 Å². The van der Waals surface area contributed by atoms with E-state index >= 15 is 0 Å². The first-order valence-electron chi connectivity index (χ1n) is 4.09. The average molecular weight is 202 g/mol. The van der Waals surface area contributed by atoms with E-state index in [4.69, 9.17) is 16.2 Å². The molecule has 1 atom stereocenters. The molecule has 1 aromatic carbocycles. The molecule has 1 rings (SSSR count). The van der Waals surface area contributed by atoms with E-state index in [-0.39, 0.29) is 17.9 Å². The Balaban J connectivity index is 3.25. The zero-order chi connectivity index (χ0) is 10.7. The molecule has 0 unspecified atom stereocenters. The molecule has 0 saturated heterocycles. The van der Waals surface area contributed by atoms with Crippen molar-refractivity contribution in [2.45, 2.75) is 6.04 Å². The van der Waals surface area contributed by atoms with E-state index in [2.05, 4.69) is 0 Å². The van der Waals surface area contributed by atoms with Crippen LogP contribution >= 0.6 is 0 Å². The van der Waals surface area contributed by atoms with Gasteiger partial charge in [0.2, 0.25) is 0 Å². The number of nitrogens with two attached hydrogens (primary N) is 2. The van der Waals surface area contributed by atoms with E-state index in [0.717, 1.165) is 6.07 Å². The maximum Gasteiger partial charge on any atom is 0.172 e. The third-order valence-corrected chi connectivity index (χ3v) is 1.94. The van der Waals surface area contributed by atoms with Gasteiger partial charge in [0.25, 0.3) is 0 Å². The zero-order valence-corrected chi connectivity index (χ0v) is 7.76. The number of hydrogen-bond acceptors (Lipinski definition) is 3. The highest BCUT2D eigenvalue weighted by molar-refractivity contribution is 5.34. The second-order valence-electron chi connectivity index (χ2n) is 2.82. The van der Waals surface area contributed by atoms with Crippen LogP contribution in [0.5, 0.6) is 5.75 Å². The van der Waals surface area contributed by atoms with Crippen molar-refractivity contribution in [1.29, 1.82) is 0 Å². The average Bonchev–Trinajstić information content (AvgIpc) is 2.18. The molecule has 0 amide bonds. The lowest BCUT2D eigenvalue weighted by atomic mass is 10.1. The molecule has 5 heteroatoms. The van der Waals surface area contributed by atoms with Gasteiger partial charge in [0.1, 0.15) is 5.82 Å². The van der Waals surface area contributed by atoms with Crippen molar-refractivity contribution in [3.8, 4) is 5.75 Å². The molecule has 4 N–H and O–H groups in total. The van der Waals surface area contributed by atoms with Crippen LogP contribution in [0.3, 0.4) is 0 Å². The highest BCUT2D eigenvalue weighted by Gasteiger charge is 2.18. The van der Waals surface area contributed by atoms with Crippen LogP contribution in [0.25, 0.3) is 0 Å². The van der Waals surface area contributed by atoms with Crippen LogP contribution in [0.4, 0.5) is 8.78 Å². The molecule has 0 saturated carbocycles. The highest BCUT2D eigenvalue weighted by atomic mass is 19.1. The van der Waals surface area contributed by atoms with Gasteiger partial charge in [-0.2, -0.15) is 0 Å². The third kappa shape index (κ3) is 1.83. The molecule has 0 radical (unpaired) electrons. The normalized spacial score (nSPS) is 12.6. The van der Waals surface area contributed by atoms with Crippen molar-refractivity contribution in [2.75, 3.05) is 13.7 Å². The van der Waals surface area contributed by atoms with Gasteiger partial charge >= 0.3 is 0 Å². The summed E-state index contributed by atoms with van der Waals surface area (Å²) in [5.41, 5.74) is 10.5. The first-order valence-corrected chi connectivity index (χ1v) is 4.09. The summed E-state index contributed by atoms with van der Waals surface area (Å²) in [5.74, 6) is -1.53. The Morgan fingerprint density at radius 3 is 2.57 bits per heavy atom. The van der Waals surface area contributed by atoms with E-state index in [1.54, 1.807) is 0 Å². The van der Waals surface area contributed by atoms with Gasteiger partial charge in [0.15, 0.2) is 11.6 Å². The maximum atomic E-state index is 13.5. The van der Waals surface area contributed by atoms with Crippen molar-refractivity contribution in [3.63, 3.8) is 0 Å². The maximum absolute atomic E-state index is 13.5. The molecule has 0 aliphatic heterocycles. The number of hydrogen-bond donors (Lipinski definition) is 2. The van der Waals surface area contributed by atoms with E-state index < -0.39 is 17.7 Å². The summed E-state index contributed by atoms with van der Waals surface area (Å²) in [7, 11) is 1.30. The van der Waals surface area contributed by atoms with Crippen molar-refractivity contribution >= 4 is 0 Å². The minimum absolute atomic E-state index is 0.0268. The summed E-state index contributed by atoms with van der Waals surface area (Å²) in [6.07, 6.45) is 0. The highest BCUT2D eigenvalue weighted by Crippen LogP contribution is 2.26. The Kier molecular flexibility index (Phi) is 3.38. The van der Waals surface area contributed by atoms with E-state index in [9.17, 15) is 8.78 Å². The van der Waals surface area contributed by atoms with E-state index in [0.29, 0.717) is 0 Å². The molecule has 1 aromatic rings. The Bertz CT molecular complexity index is 331. The fourth-order valence-corrected chi connectivity index (χ4v) is 1.16. The topological polar surface area (TPSA) is 61.3 Å². The molecule has 78 valence electrons. The summed E-state index contributed by atoms with van der Waals surface area (Å²) in [6, 6.07) is 1.45. The minimum atomic E-state index is -0.856. The monoisotopic (exact) mass is 202 g/mol. The molecule has 0 bridgehead atoms. The van der Waals surface area contributed by atoms with Crippen LogP contribution in [-0.4, -0.2) is 13.7 Å². The Morgan fingerprint density at radius 1 is 1.43 bits per heavy atom. The lowest BCUT2D eigenvalue weighted by Gasteiger charge is -2.13. The van der Waals surface area contributed by atoms with Crippen molar-refractivity contribution < 1.29 is 13.5 Å². The van der Waals surface area contributed by atoms with Gasteiger partial charge in [-0.25, -0.2) is 8.78 Å². The first-order chi connectivity index (χ1) is 6.61. The van der Waals surface area contributed by atoms with Gasteiger partial charge in [-0.3, -0.25) is 0 Å². The molecule has 0 heterocycles. The Hall–Kier alpha value is -1.20. The van der Waals surface area contributed by atoms with Crippen LogP contribution in [-0.2, 0) is 0 Å². The Morgan fingerprint density at radius 2 is 2.07 bits per heavy atom. The van der Waals surface area contributed by atoms with Gasteiger partial charge in [-0.05, 0) is 12.1 Å². The van der Waals surface area contributed by atoms with Gasteiger partial charge in [0.05, 0.1) is 7.11 Å². The van der Waals surface area contributed by atoms with Crippen molar-refractivity contribution in [3.05, 3.63) is 29.3 Å². The number of benzene rings is 1. The van der Waals surface area contributed by atoms with Crippen LogP contribution in [0.2, 0.25) is 0 Å². The summed E-state index contributed by atoms with van der Waals surface area (Å²) in [6.45, 7) is -0.0268. The minimum Gasteiger partial charge on any atom is -0.494 e. The second-order valence-corrected chi connectivity index (χ2v) is 2.82. The molecule has 14 heavy (non-hydrogen) atoms.